The van der Waals surface area contributed by atoms with Crippen molar-refractivity contribution < 1.29 is 26.4 Å². The number of sulfone groups is 1. The van der Waals surface area contributed by atoms with Crippen LogP contribution in [0, 0.1) is 0 Å². The van der Waals surface area contributed by atoms with Crippen LogP contribution in [0.3, 0.4) is 0 Å². The average Bonchev–Trinajstić information content (AvgIpc) is 3.35. The zero-order valence-corrected chi connectivity index (χ0v) is 22.1. The lowest BCUT2D eigenvalue weighted by Crippen LogP contribution is -2.13. The minimum Gasteiger partial charge on any atom is -0.326 e. The monoisotopic (exact) mass is 563 g/mol. The number of benzene rings is 3. The van der Waals surface area contributed by atoms with E-state index in [0.717, 1.165) is 40.1 Å². The Morgan fingerprint density at radius 3 is 2.38 bits per heavy atom. The summed E-state index contributed by atoms with van der Waals surface area (Å²) in [6.45, 7) is 0. The molecule has 0 spiro atoms. The molecule has 0 fully saturated rings. The number of hydrogen-bond donors (Lipinski definition) is 1. The molecule has 0 atom stereocenters. The Bertz CT molecular complexity index is 1810. The molecule has 0 saturated carbocycles. The predicted octanol–water partition coefficient (Wildman–Crippen LogP) is 6.66. The molecule has 1 N–H and O–H groups in total. The summed E-state index contributed by atoms with van der Waals surface area (Å²) in [7, 11) is -3.27. The van der Waals surface area contributed by atoms with Crippen LogP contribution in [0.5, 0.6) is 0 Å². The van der Waals surface area contributed by atoms with E-state index in [2.05, 4.69) is 10.3 Å². The normalized spacial score (nSPS) is 12.0. The van der Waals surface area contributed by atoms with Crippen molar-refractivity contribution in [3.05, 3.63) is 108 Å². The summed E-state index contributed by atoms with van der Waals surface area (Å²) in [5, 5.41) is 2.54. The van der Waals surface area contributed by atoms with E-state index in [1.165, 1.54) is 18.4 Å². The number of fused-ring (bicyclic) bond motifs is 1. The van der Waals surface area contributed by atoms with Crippen LogP contribution < -0.4 is 5.32 Å². The van der Waals surface area contributed by atoms with E-state index in [1.54, 1.807) is 30.5 Å². The van der Waals surface area contributed by atoms with Crippen molar-refractivity contribution in [2.75, 3.05) is 11.6 Å². The van der Waals surface area contributed by atoms with Gasteiger partial charge in [-0.05, 0) is 71.6 Å². The van der Waals surface area contributed by atoms with E-state index in [0.29, 0.717) is 12.1 Å². The van der Waals surface area contributed by atoms with Gasteiger partial charge in [0.1, 0.15) is 5.65 Å². The summed E-state index contributed by atoms with van der Waals surface area (Å²) in [6.07, 6.45) is 0.853. The zero-order chi connectivity index (χ0) is 28.5. The Balaban J connectivity index is 1.29. The first-order valence-corrected chi connectivity index (χ1v) is 14.2. The van der Waals surface area contributed by atoms with Crippen molar-refractivity contribution in [2.24, 2.45) is 0 Å². The van der Waals surface area contributed by atoms with Crippen LogP contribution >= 0.6 is 0 Å². The highest BCUT2D eigenvalue weighted by Gasteiger charge is 2.30. The minimum absolute atomic E-state index is 0.102. The first-order valence-electron chi connectivity index (χ1n) is 12.3. The summed E-state index contributed by atoms with van der Waals surface area (Å²) < 4.78 is 64.2. The molecule has 0 bridgehead atoms. The van der Waals surface area contributed by atoms with Gasteiger partial charge in [0.05, 0.1) is 22.3 Å². The lowest BCUT2D eigenvalue weighted by Gasteiger charge is -2.10. The van der Waals surface area contributed by atoms with Gasteiger partial charge in [-0.3, -0.25) is 9.20 Å². The third kappa shape index (κ3) is 6.07. The fourth-order valence-corrected chi connectivity index (χ4v) is 5.04. The highest BCUT2D eigenvalue weighted by atomic mass is 32.2. The number of anilines is 1. The number of rotatable bonds is 7. The second-order valence-electron chi connectivity index (χ2n) is 9.41. The van der Waals surface area contributed by atoms with Crippen molar-refractivity contribution in [3.8, 4) is 22.4 Å². The number of nitrogens with one attached hydrogen (secondary N) is 1. The van der Waals surface area contributed by atoms with Crippen LogP contribution in [0.15, 0.2) is 102 Å². The lowest BCUT2D eigenvalue weighted by molar-refractivity contribution is -0.137. The van der Waals surface area contributed by atoms with Gasteiger partial charge in [-0.25, -0.2) is 13.4 Å². The second-order valence-corrected chi connectivity index (χ2v) is 11.4. The largest absolute Gasteiger partial charge is 0.416 e. The number of nitrogens with zero attached hydrogens (tertiary/aromatic N) is 2. The number of amides is 1. The third-order valence-electron chi connectivity index (χ3n) is 6.47. The summed E-state index contributed by atoms with van der Waals surface area (Å²) in [5.74, 6) is -0.378. The van der Waals surface area contributed by atoms with E-state index in [1.807, 2.05) is 47.0 Å². The maximum atomic E-state index is 12.9. The molecule has 0 aliphatic heterocycles. The van der Waals surface area contributed by atoms with Crippen molar-refractivity contribution >= 4 is 27.1 Å². The van der Waals surface area contributed by atoms with E-state index in [4.69, 9.17) is 0 Å². The number of hydrogen-bond acceptors (Lipinski definition) is 4. The maximum Gasteiger partial charge on any atom is 0.416 e. The van der Waals surface area contributed by atoms with Crippen LogP contribution in [0.2, 0.25) is 0 Å². The Kier molecular flexibility index (Phi) is 7.20. The quantitative estimate of drug-likeness (QED) is 0.240. The predicted molar refractivity (Wildman–Crippen MR) is 148 cm³/mol. The molecule has 2 heterocycles. The number of aryl methyl sites for hydroxylation is 1. The SMILES string of the molecule is CS(=O)(=O)c1ccc(-c2ccn3c(-c4cccc(CCC(=O)Nc5cccc(C(F)(F)F)c5)c4)cnc3c2)cc1. The van der Waals surface area contributed by atoms with Crippen molar-refractivity contribution in [1.82, 2.24) is 9.38 Å². The van der Waals surface area contributed by atoms with Gasteiger partial charge in [-0.2, -0.15) is 13.2 Å². The molecule has 5 aromatic rings. The van der Waals surface area contributed by atoms with E-state index in [-0.39, 0.29) is 22.9 Å². The second kappa shape index (κ2) is 10.6. The molecule has 5 rings (SSSR count). The van der Waals surface area contributed by atoms with E-state index < -0.39 is 21.6 Å². The molecule has 3 aromatic carbocycles. The van der Waals surface area contributed by atoms with Crippen LogP contribution in [0.1, 0.15) is 17.5 Å². The number of imidazole rings is 1. The topological polar surface area (TPSA) is 80.5 Å². The molecule has 0 radical (unpaired) electrons. The first kappa shape index (κ1) is 27.1. The molecule has 0 saturated heterocycles. The van der Waals surface area contributed by atoms with Gasteiger partial charge >= 0.3 is 6.18 Å². The number of halogens is 3. The zero-order valence-electron chi connectivity index (χ0n) is 21.3. The molecule has 10 heteroatoms. The molecule has 6 nitrogen and oxygen atoms in total. The lowest BCUT2D eigenvalue weighted by atomic mass is 10.0. The summed E-state index contributed by atoms with van der Waals surface area (Å²) >= 11 is 0. The molecular weight excluding hydrogens is 539 g/mol. The smallest absolute Gasteiger partial charge is 0.326 e. The van der Waals surface area contributed by atoms with Crippen molar-refractivity contribution in [3.63, 3.8) is 0 Å². The number of pyridine rings is 1. The number of alkyl halides is 3. The molecule has 40 heavy (non-hydrogen) atoms. The van der Waals surface area contributed by atoms with Gasteiger partial charge in [-0.15, -0.1) is 0 Å². The van der Waals surface area contributed by atoms with Crippen LogP contribution in [-0.4, -0.2) is 30.0 Å². The van der Waals surface area contributed by atoms with Gasteiger partial charge in [0, 0.05) is 30.1 Å². The van der Waals surface area contributed by atoms with Crippen LogP contribution in [0.4, 0.5) is 18.9 Å². The fourth-order valence-electron chi connectivity index (χ4n) is 4.41. The number of carbonyl (C=O) groups is 1. The Hall–Kier alpha value is -4.44. The first-order chi connectivity index (χ1) is 19.0. The number of carbonyl (C=O) groups excluding carboxylic acids is 1. The molecule has 0 unspecified atom stereocenters. The highest BCUT2D eigenvalue weighted by Crippen LogP contribution is 2.31. The van der Waals surface area contributed by atoms with Gasteiger partial charge in [-0.1, -0.05) is 36.4 Å². The average molecular weight is 564 g/mol. The Morgan fingerprint density at radius 2 is 1.65 bits per heavy atom. The Morgan fingerprint density at radius 1 is 0.900 bits per heavy atom. The molecular formula is C30H24F3N3O3S. The molecule has 1 amide bonds. The van der Waals surface area contributed by atoms with Gasteiger partial charge in [0.25, 0.3) is 0 Å². The van der Waals surface area contributed by atoms with Gasteiger partial charge < -0.3 is 5.32 Å². The van der Waals surface area contributed by atoms with Crippen molar-refractivity contribution in [2.45, 2.75) is 23.9 Å². The molecule has 0 aliphatic carbocycles. The standard InChI is InChI=1S/C30H24F3N3O3S/c1-40(38,39)26-11-9-21(10-12-26)22-14-15-36-27(19-34-28(36)17-22)23-5-2-4-20(16-23)8-13-29(37)35-25-7-3-6-24(18-25)30(31,32)33/h2-7,9-12,14-19H,8,13H2,1H3,(H,35,37). The van der Waals surface area contributed by atoms with E-state index in [9.17, 15) is 26.4 Å². The van der Waals surface area contributed by atoms with Gasteiger partial charge in [0.15, 0.2) is 9.84 Å². The third-order valence-corrected chi connectivity index (χ3v) is 7.59. The number of aromatic nitrogens is 2. The van der Waals surface area contributed by atoms with Gasteiger partial charge in [0.2, 0.25) is 5.91 Å². The Labute approximate surface area is 229 Å². The summed E-state index contributed by atoms with van der Waals surface area (Å²) in [5.41, 5.74) is 4.40. The van der Waals surface area contributed by atoms with E-state index >= 15 is 0 Å². The van der Waals surface area contributed by atoms with Crippen LogP contribution in [-0.2, 0) is 27.2 Å². The maximum absolute atomic E-state index is 12.9. The highest BCUT2D eigenvalue weighted by molar-refractivity contribution is 7.90. The minimum atomic E-state index is -4.48. The summed E-state index contributed by atoms with van der Waals surface area (Å²) in [4.78, 5) is 17.2. The fraction of sp³-hybridized carbons (Fsp3) is 0.133. The molecule has 204 valence electrons. The molecule has 2 aromatic heterocycles. The summed E-state index contributed by atoms with van der Waals surface area (Å²) in [6, 6.07) is 22.8. The van der Waals surface area contributed by atoms with Crippen molar-refractivity contribution in [1.29, 1.82) is 0 Å². The molecule has 0 aliphatic rings. The van der Waals surface area contributed by atoms with Crippen LogP contribution in [0.25, 0.3) is 28.0 Å².